The first-order valence-electron chi connectivity index (χ1n) is 8.38. The highest BCUT2D eigenvalue weighted by atomic mass is 19.1. The summed E-state index contributed by atoms with van der Waals surface area (Å²) in [4.78, 5) is 2.59. The molecule has 2 nitrogen and oxygen atoms in total. The first kappa shape index (κ1) is 15.0. The second-order valence-electron chi connectivity index (χ2n) is 6.81. The molecule has 3 unspecified atom stereocenters. The molecule has 2 aliphatic heterocycles. The lowest BCUT2D eigenvalue weighted by Crippen LogP contribution is -2.42. The maximum absolute atomic E-state index is 13.0. The summed E-state index contributed by atoms with van der Waals surface area (Å²) in [7, 11) is 2.29. The number of piperidine rings is 1. The molecule has 1 N–H and O–H groups in total. The fraction of sp³-hybridized carbons (Fsp3) is 0.667. The molecule has 2 bridgehead atoms. The molecular weight excluding hydrogens is 263 g/mol. The van der Waals surface area contributed by atoms with Crippen molar-refractivity contribution in [2.75, 3.05) is 13.6 Å². The van der Waals surface area contributed by atoms with E-state index in [1.165, 1.54) is 31.2 Å². The monoisotopic (exact) mass is 290 g/mol. The molecule has 3 heteroatoms. The van der Waals surface area contributed by atoms with Gasteiger partial charge in [-0.2, -0.15) is 0 Å². The number of nitrogens with zero attached hydrogens (tertiary/aromatic N) is 1. The Hall–Kier alpha value is -0.930. The Balaban J connectivity index is 1.55. The van der Waals surface area contributed by atoms with Crippen LogP contribution in [0, 0.1) is 11.7 Å². The van der Waals surface area contributed by atoms with Gasteiger partial charge in [0.2, 0.25) is 0 Å². The van der Waals surface area contributed by atoms with E-state index in [1.54, 1.807) is 12.1 Å². The Morgan fingerprint density at radius 3 is 2.38 bits per heavy atom. The predicted octanol–water partition coefficient (Wildman–Crippen LogP) is 3.74. The van der Waals surface area contributed by atoms with Crippen LogP contribution < -0.4 is 5.32 Å². The minimum Gasteiger partial charge on any atom is -0.310 e. The van der Waals surface area contributed by atoms with Crippen LogP contribution in [0.4, 0.5) is 4.39 Å². The average Bonchev–Trinajstić information content (AvgIpc) is 2.72. The maximum Gasteiger partial charge on any atom is 0.123 e. The average molecular weight is 290 g/mol. The van der Waals surface area contributed by atoms with Gasteiger partial charge in [0.15, 0.2) is 0 Å². The van der Waals surface area contributed by atoms with Crippen molar-refractivity contribution in [2.45, 2.75) is 57.2 Å². The Morgan fingerprint density at radius 1 is 1.19 bits per heavy atom. The lowest BCUT2D eigenvalue weighted by Gasteiger charge is -2.37. The Labute approximate surface area is 127 Å². The second kappa shape index (κ2) is 6.45. The molecule has 2 aliphatic rings. The van der Waals surface area contributed by atoms with Gasteiger partial charge in [-0.15, -0.1) is 0 Å². The van der Waals surface area contributed by atoms with Gasteiger partial charge in [0.1, 0.15) is 5.82 Å². The molecule has 2 heterocycles. The van der Waals surface area contributed by atoms with Gasteiger partial charge in [-0.1, -0.05) is 19.1 Å². The van der Waals surface area contributed by atoms with Crippen LogP contribution in [0.3, 0.4) is 0 Å². The van der Waals surface area contributed by atoms with Gasteiger partial charge in [0, 0.05) is 18.1 Å². The van der Waals surface area contributed by atoms with Gasteiger partial charge in [0.05, 0.1) is 0 Å². The largest absolute Gasteiger partial charge is 0.310 e. The lowest BCUT2D eigenvalue weighted by molar-refractivity contribution is 0.131. The number of halogens is 1. The van der Waals surface area contributed by atoms with Crippen molar-refractivity contribution < 1.29 is 4.39 Å². The van der Waals surface area contributed by atoms with Gasteiger partial charge >= 0.3 is 0 Å². The van der Waals surface area contributed by atoms with Crippen molar-refractivity contribution in [1.82, 2.24) is 10.2 Å². The minimum atomic E-state index is -0.152. The molecule has 3 atom stereocenters. The number of hydrogen-bond donors (Lipinski definition) is 1. The molecule has 0 spiro atoms. The van der Waals surface area contributed by atoms with Crippen molar-refractivity contribution in [2.24, 2.45) is 5.92 Å². The summed E-state index contributed by atoms with van der Waals surface area (Å²) in [6, 6.07) is 8.92. The summed E-state index contributed by atoms with van der Waals surface area (Å²) in [5.41, 5.74) is 1.20. The van der Waals surface area contributed by atoms with Crippen LogP contribution in [0.1, 0.15) is 50.6 Å². The van der Waals surface area contributed by atoms with E-state index in [1.807, 2.05) is 12.1 Å². The summed E-state index contributed by atoms with van der Waals surface area (Å²) in [6.07, 6.45) is 6.48. The summed E-state index contributed by atoms with van der Waals surface area (Å²) in [5, 5.41) is 3.72. The van der Waals surface area contributed by atoms with Crippen LogP contribution >= 0.6 is 0 Å². The smallest absolute Gasteiger partial charge is 0.123 e. The van der Waals surface area contributed by atoms with Crippen molar-refractivity contribution in [1.29, 1.82) is 0 Å². The van der Waals surface area contributed by atoms with Gasteiger partial charge in [0.25, 0.3) is 0 Å². The quantitative estimate of drug-likeness (QED) is 0.888. The molecule has 2 saturated heterocycles. The molecule has 2 fully saturated rings. The zero-order valence-electron chi connectivity index (χ0n) is 13.2. The third-order valence-electron chi connectivity index (χ3n) is 5.53. The van der Waals surface area contributed by atoms with E-state index in [2.05, 4.69) is 24.2 Å². The molecule has 0 amide bonds. The molecule has 0 saturated carbocycles. The van der Waals surface area contributed by atoms with Gasteiger partial charge < -0.3 is 10.2 Å². The van der Waals surface area contributed by atoms with Crippen molar-refractivity contribution in [3.8, 4) is 0 Å². The fourth-order valence-electron chi connectivity index (χ4n) is 4.19. The molecule has 1 aromatic carbocycles. The van der Waals surface area contributed by atoms with Crippen molar-refractivity contribution in [3.63, 3.8) is 0 Å². The van der Waals surface area contributed by atoms with E-state index in [9.17, 15) is 4.39 Å². The van der Waals surface area contributed by atoms with E-state index in [0.717, 1.165) is 31.0 Å². The first-order valence-corrected chi connectivity index (χ1v) is 8.38. The van der Waals surface area contributed by atoms with Gasteiger partial charge in [-0.05, 0) is 69.3 Å². The number of fused-ring (bicyclic) bond motifs is 2. The number of hydrogen-bond acceptors (Lipinski definition) is 2. The lowest BCUT2D eigenvalue weighted by atomic mass is 9.90. The highest BCUT2D eigenvalue weighted by Gasteiger charge is 2.38. The normalized spacial score (nSPS) is 30.5. The third kappa shape index (κ3) is 3.29. The van der Waals surface area contributed by atoms with Crippen LogP contribution in [0.5, 0.6) is 0 Å². The molecule has 1 aromatic rings. The van der Waals surface area contributed by atoms with Crippen LogP contribution in [-0.4, -0.2) is 30.6 Å². The number of rotatable bonds is 5. The molecule has 3 rings (SSSR count). The second-order valence-corrected chi connectivity index (χ2v) is 6.81. The van der Waals surface area contributed by atoms with E-state index in [0.29, 0.717) is 6.04 Å². The maximum atomic E-state index is 13.0. The first-order chi connectivity index (χ1) is 10.2. The Morgan fingerprint density at radius 2 is 1.81 bits per heavy atom. The number of nitrogens with one attached hydrogen (secondary N) is 1. The van der Waals surface area contributed by atoms with Crippen LogP contribution in [0.2, 0.25) is 0 Å². The van der Waals surface area contributed by atoms with E-state index in [-0.39, 0.29) is 5.82 Å². The molecular formula is C18H27FN2. The summed E-state index contributed by atoms with van der Waals surface area (Å²) < 4.78 is 13.0. The topological polar surface area (TPSA) is 15.3 Å². The molecule has 0 radical (unpaired) electrons. The van der Waals surface area contributed by atoms with Gasteiger partial charge in [-0.3, -0.25) is 0 Å². The molecule has 0 aromatic heterocycles. The molecule has 0 aliphatic carbocycles. The molecule has 116 valence electrons. The zero-order valence-corrected chi connectivity index (χ0v) is 13.2. The summed E-state index contributed by atoms with van der Waals surface area (Å²) in [5.74, 6) is 0.647. The van der Waals surface area contributed by atoms with Crippen LogP contribution in [0.25, 0.3) is 0 Å². The summed E-state index contributed by atoms with van der Waals surface area (Å²) in [6.45, 7) is 3.29. The number of benzene rings is 1. The Bertz CT molecular complexity index is 445. The zero-order chi connectivity index (χ0) is 14.8. The molecule has 21 heavy (non-hydrogen) atoms. The van der Waals surface area contributed by atoms with E-state index >= 15 is 0 Å². The van der Waals surface area contributed by atoms with E-state index in [4.69, 9.17) is 0 Å². The Kier molecular flexibility index (Phi) is 4.60. The van der Waals surface area contributed by atoms with Crippen LogP contribution in [-0.2, 0) is 0 Å². The van der Waals surface area contributed by atoms with Crippen molar-refractivity contribution >= 4 is 0 Å². The highest BCUT2D eigenvalue weighted by molar-refractivity contribution is 5.19. The fourth-order valence-corrected chi connectivity index (χ4v) is 4.19. The SMILES string of the molecule is CCC(NCC1CC2CCC(C1)N2C)c1ccc(F)cc1. The highest BCUT2D eigenvalue weighted by Crippen LogP contribution is 2.37. The van der Waals surface area contributed by atoms with Crippen molar-refractivity contribution in [3.05, 3.63) is 35.6 Å². The van der Waals surface area contributed by atoms with Gasteiger partial charge in [-0.25, -0.2) is 4.39 Å². The standard InChI is InChI=1S/C18H27FN2/c1-3-18(14-4-6-15(19)7-5-14)20-12-13-10-16-8-9-17(11-13)21(16)2/h4-7,13,16-18,20H,3,8-12H2,1-2H3. The predicted molar refractivity (Wildman–Crippen MR) is 84.7 cm³/mol. The minimum absolute atomic E-state index is 0.152. The van der Waals surface area contributed by atoms with Crippen LogP contribution in [0.15, 0.2) is 24.3 Å². The summed E-state index contributed by atoms with van der Waals surface area (Å²) >= 11 is 0. The van der Waals surface area contributed by atoms with E-state index < -0.39 is 0 Å². The third-order valence-corrected chi connectivity index (χ3v) is 5.53.